The highest BCUT2D eigenvalue weighted by molar-refractivity contribution is 7.98. The minimum absolute atomic E-state index is 0.255. The Morgan fingerprint density at radius 2 is 2.05 bits per heavy atom. The molecule has 0 amide bonds. The SMILES string of the molecule is COc1cc2c(cc1F)[nH]c(=S)n2CCCCCCSC. The number of hydrogen-bond acceptors (Lipinski definition) is 3. The van der Waals surface area contributed by atoms with Crippen LogP contribution in [0.1, 0.15) is 25.7 Å². The van der Waals surface area contributed by atoms with Gasteiger partial charge in [0.05, 0.1) is 18.1 Å². The Hall–Kier alpha value is -1.01. The molecule has 1 aromatic heterocycles. The largest absolute Gasteiger partial charge is 0.494 e. The van der Waals surface area contributed by atoms with E-state index >= 15 is 0 Å². The topological polar surface area (TPSA) is 29.9 Å². The summed E-state index contributed by atoms with van der Waals surface area (Å²) >= 11 is 7.23. The van der Waals surface area contributed by atoms with Gasteiger partial charge in [-0.05, 0) is 37.1 Å². The number of H-pyrrole nitrogens is 1. The van der Waals surface area contributed by atoms with Crippen LogP contribution in [0.5, 0.6) is 5.75 Å². The molecule has 1 aromatic carbocycles. The number of methoxy groups -OCH3 is 1. The first-order valence-electron chi connectivity index (χ1n) is 7.12. The predicted octanol–water partition coefficient (Wildman–Crippen LogP) is 4.77. The number of aryl methyl sites for hydroxylation is 1. The standard InChI is InChI=1S/C15H21FN2OS2/c1-19-14-10-13-12(9-11(14)16)17-15(20)18(13)7-5-3-4-6-8-21-2/h9-10H,3-8H2,1-2H3,(H,17,20). The van der Waals surface area contributed by atoms with Crippen LogP contribution in [0.3, 0.4) is 0 Å². The van der Waals surface area contributed by atoms with Gasteiger partial charge in [-0.2, -0.15) is 11.8 Å². The quantitative estimate of drug-likeness (QED) is 0.559. The summed E-state index contributed by atoms with van der Waals surface area (Å²) in [6.45, 7) is 0.854. The first-order valence-corrected chi connectivity index (χ1v) is 8.92. The van der Waals surface area contributed by atoms with Crippen LogP contribution < -0.4 is 4.74 Å². The highest BCUT2D eigenvalue weighted by Gasteiger charge is 2.10. The van der Waals surface area contributed by atoms with Crippen LogP contribution in [-0.4, -0.2) is 28.7 Å². The summed E-state index contributed by atoms with van der Waals surface area (Å²) in [5, 5.41) is 0. The van der Waals surface area contributed by atoms with Crippen molar-refractivity contribution in [1.82, 2.24) is 9.55 Å². The number of nitrogens with zero attached hydrogens (tertiary/aromatic N) is 1. The second-order valence-electron chi connectivity index (χ2n) is 4.99. The minimum Gasteiger partial charge on any atom is -0.494 e. The average Bonchev–Trinajstić information content (AvgIpc) is 2.76. The molecule has 3 nitrogen and oxygen atoms in total. The Labute approximate surface area is 133 Å². The number of aromatic amines is 1. The number of unbranched alkanes of at least 4 members (excludes halogenated alkanes) is 3. The normalized spacial score (nSPS) is 11.2. The highest BCUT2D eigenvalue weighted by atomic mass is 32.2. The van der Waals surface area contributed by atoms with Gasteiger partial charge in [0.25, 0.3) is 0 Å². The molecule has 0 aliphatic carbocycles. The smallest absolute Gasteiger partial charge is 0.178 e. The number of imidazole rings is 1. The summed E-state index contributed by atoms with van der Waals surface area (Å²) in [7, 11) is 1.47. The molecular weight excluding hydrogens is 307 g/mol. The van der Waals surface area contributed by atoms with Crippen LogP contribution in [0.2, 0.25) is 0 Å². The highest BCUT2D eigenvalue weighted by Crippen LogP contribution is 2.25. The number of rotatable bonds is 8. The summed E-state index contributed by atoms with van der Waals surface area (Å²) in [6.07, 6.45) is 6.91. The fourth-order valence-electron chi connectivity index (χ4n) is 2.41. The number of benzene rings is 1. The first kappa shape index (κ1) is 16.4. The maximum atomic E-state index is 13.7. The Balaban J connectivity index is 2.08. The number of ether oxygens (including phenoxy) is 1. The van der Waals surface area contributed by atoms with Crippen molar-refractivity contribution in [1.29, 1.82) is 0 Å². The molecule has 0 spiro atoms. The summed E-state index contributed by atoms with van der Waals surface area (Å²) in [6, 6.07) is 3.16. The van der Waals surface area contributed by atoms with E-state index in [0.29, 0.717) is 4.77 Å². The zero-order valence-electron chi connectivity index (χ0n) is 12.4. The number of halogens is 1. The van der Waals surface area contributed by atoms with Gasteiger partial charge in [0.1, 0.15) is 0 Å². The molecule has 0 aliphatic rings. The van der Waals surface area contributed by atoms with Crippen LogP contribution in [0.25, 0.3) is 11.0 Å². The van der Waals surface area contributed by atoms with E-state index in [9.17, 15) is 4.39 Å². The van der Waals surface area contributed by atoms with Gasteiger partial charge in [-0.15, -0.1) is 0 Å². The Bertz CT molecular complexity index is 651. The lowest BCUT2D eigenvalue weighted by Crippen LogP contribution is -1.99. The molecule has 0 saturated heterocycles. The summed E-state index contributed by atoms with van der Waals surface area (Å²) in [4.78, 5) is 3.06. The zero-order valence-corrected chi connectivity index (χ0v) is 14.1. The summed E-state index contributed by atoms with van der Waals surface area (Å²) in [5.74, 6) is 1.11. The van der Waals surface area contributed by atoms with E-state index in [1.807, 2.05) is 16.3 Å². The van der Waals surface area contributed by atoms with Crippen LogP contribution in [0.4, 0.5) is 4.39 Å². The molecule has 1 N–H and O–H groups in total. The van der Waals surface area contributed by atoms with Gasteiger partial charge in [-0.25, -0.2) is 4.39 Å². The predicted molar refractivity (Wildman–Crippen MR) is 90.5 cm³/mol. The van der Waals surface area contributed by atoms with Crippen LogP contribution >= 0.6 is 24.0 Å². The molecular formula is C15H21FN2OS2. The molecule has 0 saturated carbocycles. The fourth-order valence-corrected chi connectivity index (χ4v) is 3.20. The minimum atomic E-state index is -0.370. The van der Waals surface area contributed by atoms with Gasteiger partial charge in [-0.1, -0.05) is 12.8 Å². The van der Waals surface area contributed by atoms with Crippen LogP contribution in [0.15, 0.2) is 12.1 Å². The van der Waals surface area contributed by atoms with Crippen molar-refractivity contribution < 1.29 is 9.13 Å². The van der Waals surface area contributed by atoms with E-state index in [-0.39, 0.29) is 11.6 Å². The van der Waals surface area contributed by atoms with Crippen molar-refractivity contribution >= 4 is 35.0 Å². The van der Waals surface area contributed by atoms with Gasteiger partial charge < -0.3 is 14.3 Å². The van der Waals surface area contributed by atoms with Crippen LogP contribution in [0, 0.1) is 10.6 Å². The second-order valence-corrected chi connectivity index (χ2v) is 6.37. The molecule has 116 valence electrons. The summed E-state index contributed by atoms with van der Waals surface area (Å²) in [5.41, 5.74) is 1.63. The molecule has 0 fully saturated rings. The Morgan fingerprint density at radius 1 is 1.29 bits per heavy atom. The van der Waals surface area contributed by atoms with Crippen LogP contribution in [-0.2, 0) is 6.54 Å². The number of thioether (sulfide) groups is 1. The molecule has 0 unspecified atom stereocenters. The molecule has 0 radical (unpaired) electrons. The van der Waals surface area contributed by atoms with Gasteiger partial charge in [0.15, 0.2) is 16.3 Å². The first-order chi connectivity index (χ1) is 10.2. The van der Waals surface area contributed by atoms with Gasteiger partial charge in [-0.3, -0.25) is 0 Å². The third-order valence-corrected chi connectivity index (χ3v) is 4.55. The molecule has 0 bridgehead atoms. The third-order valence-electron chi connectivity index (χ3n) is 3.53. The number of hydrogen-bond donors (Lipinski definition) is 1. The summed E-state index contributed by atoms with van der Waals surface area (Å²) < 4.78 is 21.4. The van der Waals surface area contributed by atoms with Gasteiger partial charge in [0.2, 0.25) is 0 Å². The van der Waals surface area contributed by atoms with Crippen molar-refractivity contribution in [3.8, 4) is 5.75 Å². The van der Waals surface area contributed by atoms with E-state index < -0.39 is 0 Å². The van der Waals surface area contributed by atoms with E-state index in [1.165, 1.54) is 38.2 Å². The van der Waals surface area contributed by atoms with Crippen molar-refractivity contribution in [2.45, 2.75) is 32.2 Å². The fraction of sp³-hybridized carbons (Fsp3) is 0.533. The van der Waals surface area contributed by atoms with Crippen molar-refractivity contribution in [3.63, 3.8) is 0 Å². The maximum Gasteiger partial charge on any atom is 0.178 e. The second kappa shape index (κ2) is 7.84. The molecule has 0 aliphatic heterocycles. The lowest BCUT2D eigenvalue weighted by atomic mass is 10.2. The average molecular weight is 328 g/mol. The Morgan fingerprint density at radius 3 is 2.76 bits per heavy atom. The van der Waals surface area contributed by atoms with E-state index in [2.05, 4.69) is 11.2 Å². The lowest BCUT2D eigenvalue weighted by molar-refractivity contribution is 0.387. The number of nitrogens with one attached hydrogen (secondary N) is 1. The number of aromatic nitrogens is 2. The van der Waals surface area contributed by atoms with E-state index in [4.69, 9.17) is 17.0 Å². The van der Waals surface area contributed by atoms with Crippen molar-refractivity contribution in [2.75, 3.05) is 19.1 Å². The Kier molecular flexibility index (Phi) is 6.11. The molecule has 2 rings (SSSR count). The molecule has 21 heavy (non-hydrogen) atoms. The molecule has 2 aromatic rings. The van der Waals surface area contributed by atoms with Crippen molar-refractivity contribution in [2.24, 2.45) is 0 Å². The van der Waals surface area contributed by atoms with E-state index in [0.717, 1.165) is 24.0 Å². The molecule has 1 heterocycles. The van der Waals surface area contributed by atoms with Gasteiger partial charge >= 0.3 is 0 Å². The molecule has 0 atom stereocenters. The van der Waals surface area contributed by atoms with Crippen molar-refractivity contribution in [3.05, 3.63) is 22.7 Å². The maximum absolute atomic E-state index is 13.7. The van der Waals surface area contributed by atoms with E-state index in [1.54, 1.807) is 6.07 Å². The third kappa shape index (κ3) is 4.01. The molecule has 6 heteroatoms. The monoisotopic (exact) mass is 328 g/mol. The zero-order chi connectivity index (χ0) is 15.2. The number of fused-ring (bicyclic) bond motifs is 1. The lowest BCUT2D eigenvalue weighted by Gasteiger charge is -2.06. The van der Waals surface area contributed by atoms with Gasteiger partial charge in [0, 0.05) is 18.7 Å².